The number of rotatable bonds is 1. The number of nitrogens with zero attached hydrogens (tertiary/aromatic N) is 1. The monoisotopic (exact) mass is 232 g/mol. The van der Waals surface area contributed by atoms with Crippen molar-refractivity contribution in [2.45, 2.75) is 39.2 Å². The van der Waals surface area contributed by atoms with E-state index in [1.807, 2.05) is 24.0 Å². The molecule has 17 heavy (non-hydrogen) atoms. The van der Waals surface area contributed by atoms with Crippen LogP contribution in [0.5, 0.6) is 0 Å². The van der Waals surface area contributed by atoms with Gasteiger partial charge < -0.3 is 10.6 Å². The van der Waals surface area contributed by atoms with E-state index in [9.17, 15) is 4.79 Å². The molecular formula is C14H20N2O. The van der Waals surface area contributed by atoms with Crippen LogP contribution < -0.4 is 5.73 Å². The highest BCUT2D eigenvalue weighted by atomic mass is 16.2. The summed E-state index contributed by atoms with van der Waals surface area (Å²) in [7, 11) is 0. The van der Waals surface area contributed by atoms with E-state index in [2.05, 4.69) is 13.8 Å². The van der Waals surface area contributed by atoms with E-state index in [1.165, 1.54) is 0 Å². The van der Waals surface area contributed by atoms with Crippen molar-refractivity contribution in [2.24, 2.45) is 0 Å². The molecule has 0 aliphatic carbocycles. The third-order valence-electron chi connectivity index (χ3n) is 3.63. The number of carbonyl (C=O) groups excluding carboxylic acids is 1. The highest BCUT2D eigenvalue weighted by molar-refractivity contribution is 5.96. The van der Waals surface area contributed by atoms with Gasteiger partial charge >= 0.3 is 0 Å². The maximum atomic E-state index is 12.5. The van der Waals surface area contributed by atoms with E-state index in [0.717, 1.165) is 30.5 Å². The lowest BCUT2D eigenvalue weighted by Crippen LogP contribution is -2.42. The summed E-state index contributed by atoms with van der Waals surface area (Å²) in [6.07, 6.45) is 2.17. The van der Waals surface area contributed by atoms with Gasteiger partial charge in [0, 0.05) is 23.3 Å². The summed E-state index contributed by atoms with van der Waals surface area (Å²) in [5.41, 5.74) is 8.12. The van der Waals surface area contributed by atoms with Gasteiger partial charge in [-0.2, -0.15) is 0 Å². The highest BCUT2D eigenvalue weighted by Crippen LogP contribution is 2.30. The summed E-state index contributed by atoms with van der Waals surface area (Å²) in [6.45, 7) is 7.05. The summed E-state index contributed by atoms with van der Waals surface area (Å²) in [5, 5.41) is 0. The molecule has 0 spiro atoms. The molecule has 1 fully saturated rings. The van der Waals surface area contributed by atoms with E-state index < -0.39 is 0 Å². The quantitative estimate of drug-likeness (QED) is 0.756. The number of carbonyl (C=O) groups is 1. The molecule has 0 saturated carbocycles. The van der Waals surface area contributed by atoms with Gasteiger partial charge in [-0.1, -0.05) is 0 Å². The number of likely N-dealkylation sites (tertiary alicyclic amines) is 1. The third kappa shape index (κ3) is 2.14. The molecule has 3 nitrogen and oxygen atoms in total. The van der Waals surface area contributed by atoms with Crippen LogP contribution in [0.25, 0.3) is 0 Å². The molecule has 1 aromatic carbocycles. The van der Waals surface area contributed by atoms with E-state index in [4.69, 9.17) is 5.73 Å². The topological polar surface area (TPSA) is 46.3 Å². The molecule has 3 heteroatoms. The normalized spacial score (nSPS) is 18.4. The number of aryl methyl sites for hydroxylation is 1. The number of benzene rings is 1. The Kier molecular flexibility index (Phi) is 2.86. The Bertz CT molecular complexity index is 452. The first-order valence-corrected chi connectivity index (χ1v) is 6.10. The van der Waals surface area contributed by atoms with Gasteiger partial charge in [-0.15, -0.1) is 0 Å². The van der Waals surface area contributed by atoms with Gasteiger partial charge in [0.2, 0.25) is 0 Å². The lowest BCUT2D eigenvalue weighted by Gasteiger charge is -2.32. The molecule has 0 aromatic heterocycles. The number of hydrogen-bond donors (Lipinski definition) is 1. The Morgan fingerprint density at radius 2 is 2.12 bits per heavy atom. The summed E-state index contributed by atoms with van der Waals surface area (Å²) < 4.78 is 0. The molecule has 2 rings (SSSR count). The van der Waals surface area contributed by atoms with Gasteiger partial charge in [0.25, 0.3) is 5.91 Å². The SMILES string of the molecule is Cc1cc(N)ccc1C(=O)N1CCCC1(C)C. The number of amides is 1. The Morgan fingerprint density at radius 1 is 1.41 bits per heavy atom. The first-order valence-electron chi connectivity index (χ1n) is 6.10. The van der Waals surface area contributed by atoms with Crippen molar-refractivity contribution >= 4 is 11.6 Å². The van der Waals surface area contributed by atoms with Crippen molar-refractivity contribution < 1.29 is 4.79 Å². The first-order chi connectivity index (χ1) is 7.92. The summed E-state index contributed by atoms with van der Waals surface area (Å²) in [5.74, 6) is 0.130. The number of nitrogens with two attached hydrogens (primary N) is 1. The molecule has 1 aliphatic rings. The van der Waals surface area contributed by atoms with Crippen LogP contribution in [0.15, 0.2) is 18.2 Å². The number of hydrogen-bond acceptors (Lipinski definition) is 2. The molecule has 0 radical (unpaired) electrons. The largest absolute Gasteiger partial charge is 0.399 e. The minimum Gasteiger partial charge on any atom is -0.399 e. The van der Waals surface area contributed by atoms with Crippen LogP contribution in [-0.2, 0) is 0 Å². The van der Waals surface area contributed by atoms with E-state index >= 15 is 0 Å². The predicted molar refractivity (Wildman–Crippen MR) is 69.9 cm³/mol. The summed E-state index contributed by atoms with van der Waals surface area (Å²) in [6, 6.07) is 5.49. The maximum absolute atomic E-state index is 12.5. The Balaban J connectivity index is 2.31. The van der Waals surface area contributed by atoms with E-state index in [0.29, 0.717) is 5.69 Å². The minimum absolute atomic E-state index is 0.0229. The lowest BCUT2D eigenvalue weighted by atomic mass is 10.00. The molecule has 1 aliphatic heterocycles. The Labute approximate surface area is 103 Å². The second-order valence-corrected chi connectivity index (χ2v) is 5.45. The third-order valence-corrected chi connectivity index (χ3v) is 3.63. The molecule has 0 unspecified atom stereocenters. The zero-order chi connectivity index (χ0) is 12.6. The van der Waals surface area contributed by atoms with Gasteiger partial charge in [0.1, 0.15) is 0 Å². The van der Waals surface area contributed by atoms with Crippen molar-refractivity contribution in [1.29, 1.82) is 0 Å². The van der Waals surface area contributed by atoms with Gasteiger partial charge in [-0.3, -0.25) is 4.79 Å². The lowest BCUT2D eigenvalue weighted by molar-refractivity contribution is 0.0651. The highest BCUT2D eigenvalue weighted by Gasteiger charge is 2.36. The molecular weight excluding hydrogens is 212 g/mol. The average Bonchev–Trinajstić information content (AvgIpc) is 2.57. The fourth-order valence-corrected chi connectivity index (χ4v) is 2.56. The van der Waals surface area contributed by atoms with Crippen molar-refractivity contribution in [1.82, 2.24) is 4.90 Å². The van der Waals surface area contributed by atoms with Crippen molar-refractivity contribution in [3.63, 3.8) is 0 Å². The van der Waals surface area contributed by atoms with Crippen LogP contribution in [0, 0.1) is 6.92 Å². The van der Waals surface area contributed by atoms with Crippen LogP contribution in [0.1, 0.15) is 42.6 Å². The molecule has 2 N–H and O–H groups in total. The molecule has 92 valence electrons. The molecule has 1 saturated heterocycles. The summed E-state index contributed by atoms with van der Waals surface area (Å²) >= 11 is 0. The standard InChI is InChI=1S/C14H20N2O/c1-10-9-11(15)5-6-12(10)13(17)16-8-4-7-14(16,2)3/h5-6,9H,4,7-8,15H2,1-3H3. The number of nitrogen functional groups attached to an aromatic ring is 1. The van der Waals surface area contributed by atoms with Crippen molar-refractivity contribution in [2.75, 3.05) is 12.3 Å². The second-order valence-electron chi connectivity index (χ2n) is 5.45. The van der Waals surface area contributed by atoms with Gasteiger partial charge in [-0.25, -0.2) is 0 Å². The average molecular weight is 232 g/mol. The number of anilines is 1. The van der Waals surface area contributed by atoms with E-state index in [1.54, 1.807) is 6.07 Å². The van der Waals surface area contributed by atoms with Crippen LogP contribution >= 0.6 is 0 Å². The molecule has 1 heterocycles. The zero-order valence-corrected chi connectivity index (χ0v) is 10.8. The van der Waals surface area contributed by atoms with Crippen LogP contribution in [0.2, 0.25) is 0 Å². The molecule has 0 bridgehead atoms. The Morgan fingerprint density at radius 3 is 2.65 bits per heavy atom. The Hall–Kier alpha value is -1.51. The van der Waals surface area contributed by atoms with E-state index in [-0.39, 0.29) is 11.4 Å². The first kappa shape index (κ1) is 12.0. The van der Waals surface area contributed by atoms with Crippen LogP contribution in [-0.4, -0.2) is 22.9 Å². The minimum atomic E-state index is -0.0229. The van der Waals surface area contributed by atoms with Crippen molar-refractivity contribution in [3.05, 3.63) is 29.3 Å². The van der Waals surface area contributed by atoms with Crippen LogP contribution in [0.4, 0.5) is 5.69 Å². The van der Waals surface area contributed by atoms with Crippen molar-refractivity contribution in [3.8, 4) is 0 Å². The summed E-state index contributed by atoms with van der Waals surface area (Å²) in [4.78, 5) is 14.5. The molecule has 1 amide bonds. The van der Waals surface area contributed by atoms with Gasteiger partial charge in [0.05, 0.1) is 0 Å². The molecule has 0 atom stereocenters. The smallest absolute Gasteiger partial charge is 0.254 e. The zero-order valence-electron chi connectivity index (χ0n) is 10.8. The van der Waals surface area contributed by atoms with Gasteiger partial charge in [-0.05, 0) is 57.4 Å². The predicted octanol–water partition coefficient (Wildman–Crippen LogP) is 2.59. The van der Waals surface area contributed by atoms with Crippen LogP contribution in [0.3, 0.4) is 0 Å². The fraction of sp³-hybridized carbons (Fsp3) is 0.500. The van der Waals surface area contributed by atoms with Gasteiger partial charge in [0.15, 0.2) is 0 Å². The fourth-order valence-electron chi connectivity index (χ4n) is 2.56. The maximum Gasteiger partial charge on any atom is 0.254 e. The molecule has 1 aromatic rings. The second kappa shape index (κ2) is 4.06.